The number of amides is 1. The first kappa shape index (κ1) is 14.6. The fraction of sp³-hybridized carbons (Fsp3) is 0.500. The van der Waals surface area contributed by atoms with Crippen LogP contribution in [0.4, 0.5) is 0 Å². The third-order valence-electron chi connectivity index (χ3n) is 3.80. The summed E-state index contributed by atoms with van der Waals surface area (Å²) in [5.41, 5.74) is 0.511. The number of benzene rings is 1. The lowest BCUT2D eigenvalue weighted by Crippen LogP contribution is -2.54. The van der Waals surface area contributed by atoms with Gasteiger partial charge in [-0.2, -0.15) is 0 Å². The fourth-order valence-electron chi connectivity index (χ4n) is 2.28. The number of hydrogen-bond donors (Lipinski definition) is 1. The lowest BCUT2D eigenvalue weighted by molar-refractivity contribution is -0.130. The van der Waals surface area contributed by atoms with Crippen molar-refractivity contribution in [1.29, 1.82) is 0 Å². The predicted octanol–water partition coefficient (Wildman–Crippen LogP) is 2.72. The summed E-state index contributed by atoms with van der Waals surface area (Å²) >= 11 is 0. The van der Waals surface area contributed by atoms with Crippen molar-refractivity contribution in [3.8, 4) is 5.75 Å². The molecule has 0 radical (unpaired) electrons. The molecule has 1 aliphatic rings. The maximum atomic E-state index is 12.1. The van der Waals surface area contributed by atoms with Gasteiger partial charge in [0.25, 0.3) is 5.91 Å². The minimum absolute atomic E-state index is 0.0190. The van der Waals surface area contributed by atoms with Crippen LogP contribution in [0, 0.1) is 0 Å². The zero-order valence-electron chi connectivity index (χ0n) is 12.2. The second-order valence-electron chi connectivity index (χ2n) is 5.75. The maximum absolute atomic E-state index is 12.1. The maximum Gasteiger partial charge on any atom is 0.261 e. The van der Waals surface area contributed by atoms with Gasteiger partial charge in [-0.25, -0.2) is 0 Å². The van der Waals surface area contributed by atoms with E-state index in [2.05, 4.69) is 12.2 Å². The molecule has 0 aliphatic heterocycles. The number of carbonyl (C=O) groups excluding carboxylic acids is 2. The van der Waals surface area contributed by atoms with Gasteiger partial charge >= 0.3 is 0 Å². The molecule has 1 saturated carbocycles. The number of ketones is 1. The Morgan fingerprint density at radius 2 is 2.05 bits per heavy atom. The molecule has 0 bridgehead atoms. The number of nitrogens with one attached hydrogen (secondary N) is 1. The summed E-state index contributed by atoms with van der Waals surface area (Å²) in [6.07, 6.45) is 2.62. The van der Waals surface area contributed by atoms with E-state index in [0.717, 1.165) is 19.3 Å². The zero-order valence-corrected chi connectivity index (χ0v) is 12.2. The van der Waals surface area contributed by atoms with Crippen LogP contribution in [0.3, 0.4) is 0 Å². The second kappa shape index (κ2) is 5.65. The number of Topliss-reactive ketones (excluding diaryl/α,β-unsaturated/α-hetero) is 1. The van der Waals surface area contributed by atoms with Crippen molar-refractivity contribution in [3.63, 3.8) is 0 Å². The molecule has 1 N–H and O–H groups in total. The van der Waals surface area contributed by atoms with Gasteiger partial charge in [-0.3, -0.25) is 9.59 Å². The predicted molar refractivity (Wildman–Crippen MR) is 76.9 cm³/mol. The molecule has 1 aromatic rings. The van der Waals surface area contributed by atoms with Gasteiger partial charge in [-0.1, -0.05) is 12.1 Å². The molecule has 4 heteroatoms. The molecule has 0 saturated heterocycles. The van der Waals surface area contributed by atoms with Gasteiger partial charge in [-0.15, -0.1) is 0 Å². The molecule has 2 rings (SSSR count). The van der Waals surface area contributed by atoms with Gasteiger partial charge in [0.1, 0.15) is 5.75 Å². The van der Waals surface area contributed by atoms with Gasteiger partial charge < -0.3 is 10.1 Å². The molecule has 1 aliphatic carbocycles. The van der Waals surface area contributed by atoms with E-state index in [9.17, 15) is 9.59 Å². The highest BCUT2D eigenvalue weighted by molar-refractivity contribution is 5.94. The smallest absolute Gasteiger partial charge is 0.261 e. The first-order chi connectivity index (χ1) is 9.39. The van der Waals surface area contributed by atoms with Crippen molar-refractivity contribution in [2.45, 2.75) is 51.7 Å². The van der Waals surface area contributed by atoms with Gasteiger partial charge in [0, 0.05) is 11.1 Å². The summed E-state index contributed by atoms with van der Waals surface area (Å²) in [5.74, 6) is 0.411. The molecule has 4 nitrogen and oxygen atoms in total. The van der Waals surface area contributed by atoms with E-state index in [1.807, 2.05) is 0 Å². The molecular formula is C16H21NO3. The van der Waals surface area contributed by atoms with Gasteiger partial charge in [0.15, 0.2) is 11.9 Å². The molecule has 20 heavy (non-hydrogen) atoms. The molecule has 1 aromatic carbocycles. The molecule has 0 aromatic heterocycles. The summed E-state index contributed by atoms with van der Waals surface area (Å²) in [4.78, 5) is 23.4. The van der Waals surface area contributed by atoms with E-state index in [1.54, 1.807) is 31.2 Å². The molecule has 0 heterocycles. The largest absolute Gasteiger partial charge is 0.481 e. The van der Waals surface area contributed by atoms with Crippen LogP contribution in [-0.2, 0) is 4.79 Å². The second-order valence-corrected chi connectivity index (χ2v) is 5.75. The Bertz CT molecular complexity index is 520. The normalized spacial score (nSPS) is 17.8. The highest BCUT2D eigenvalue weighted by atomic mass is 16.5. The first-order valence-electron chi connectivity index (χ1n) is 6.99. The van der Waals surface area contributed by atoms with E-state index in [0.29, 0.717) is 11.3 Å². The summed E-state index contributed by atoms with van der Waals surface area (Å²) < 4.78 is 5.62. The fourth-order valence-corrected chi connectivity index (χ4v) is 2.28. The summed E-state index contributed by atoms with van der Waals surface area (Å²) in [5, 5.41) is 3.02. The van der Waals surface area contributed by atoms with E-state index < -0.39 is 6.10 Å². The third-order valence-corrected chi connectivity index (χ3v) is 3.80. The summed E-state index contributed by atoms with van der Waals surface area (Å²) in [6, 6.07) is 6.90. The lowest BCUT2D eigenvalue weighted by Gasteiger charge is -2.39. The van der Waals surface area contributed by atoms with Crippen LogP contribution in [0.25, 0.3) is 0 Å². The van der Waals surface area contributed by atoms with Crippen LogP contribution in [0.2, 0.25) is 0 Å². The number of ether oxygens (including phenoxy) is 1. The van der Waals surface area contributed by atoms with Crippen LogP contribution < -0.4 is 10.1 Å². The van der Waals surface area contributed by atoms with E-state index in [1.165, 1.54) is 6.92 Å². The van der Waals surface area contributed by atoms with Crippen LogP contribution in [0.5, 0.6) is 5.75 Å². The van der Waals surface area contributed by atoms with E-state index >= 15 is 0 Å². The molecule has 108 valence electrons. The van der Waals surface area contributed by atoms with Gasteiger partial charge in [0.05, 0.1) is 0 Å². The van der Waals surface area contributed by atoms with Crippen LogP contribution >= 0.6 is 0 Å². The van der Waals surface area contributed by atoms with Crippen molar-refractivity contribution in [2.75, 3.05) is 0 Å². The molecule has 0 unspecified atom stereocenters. The Kier molecular flexibility index (Phi) is 4.12. The highest BCUT2D eigenvalue weighted by Crippen LogP contribution is 2.31. The Morgan fingerprint density at radius 1 is 1.35 bits per heavy atom. The number of carbonyl (C=O) groups is 2. The molecular weight excluding hydrogens is 254 g/mol. The van der Waals surface area contributed by atoms with Crippen LogP contribution in [-0.4, -0.2) is 23.3 Å². The molecule has 0 spiro atoms. The molecule has 1 atom stereocenters. The zero-order chi connectivity index (χ0) is 14.8. The van der Waals surface area contributed by atoms with Crippen molar-refractivity contribution < 1.29 is 14.3 Å². The highest BCUT2D eigenvalue weighted by Gasteiger charge is 2.34. The van der Waals surface area contributed by atoms with Crippen LogP contribution in [0.1, 0.15) is 50.4 Å². The minimum atomic E-state index is -0.574. The van der Waals surface area contributed by atoms with Crippen LogP contribution in [0.15, 0.2) is 24.3 Å². The summed E-state index contributed by atoms with van der Waals surface area (Å²) in [6.45, 7) is 5.28. The minimum Gasteiger partial charge on any atom is -0.481 e. The van der Waals surface area contributed by atoms with Crippen molar-refractivity contribution >= 4 is 11.7 Å². The van der Waals surface area contributed by atoms with Crippen molar-refractivity contribution in [2.24, 2.45) is 0 Å². The van der Waals surface area contributed by atoms with Crippen molar-refractivity contribution in [3.05, 3.63) is 29.8 Å². The molecule has 1 fully saturated rings. The Hall–Kier alpha value is -1.84. The lowest BCUT2D eigenvalue weighted by atomic mass is 9.78. The Balaban J connectivity index is 1.96. The first-order valence-corrected chi connectivity index (χ1v) is 6.99. The third kappa shape index (κ3) is 3.38. The SMILES string of the molecule is CC(=O)c1cccc(O[C@H](C)C(=O)NC2(C)CCC2)c1. The average Bonchev–Trinajstić information content (AvgIpc) is 2.37. The Labute approximate surface area is 119 Å². The average molecular weight is 275 g/mol. The monoisotopic (exact) mass is 275 g/mol. The topological polar surface area (TPSA) is 55.4 Å². The summed E-state index contributed by atoms with van der Waals surface area (Å²) in [7, 11) is 0. The van der Waals surface area contributed by atoms with E-state index in [4.69, 9.17) is 4.74 Å². The van der Waals surface area contributed by atoms with Gasteiger partial charge in [0.2, 0.25) is 0 Å². The van der Waals surface area contributed by atoms with Gasteiger partial charge in [-0.05, 0) is 52.2 Å². The number of rotatable bonds is 5. The van der Waals surface area contributed by atoms with Crippen molar-refractivity contribution in [1.82, 2.24) is 5.32 Å². The Morgan fingerprint density at radius 3 is 2.60 bits per heavy atom. The molecule has 1 amide bonds. The van der Waals surface area contributed by atoms with E-state index in [-0.39, 0.29) is 17.2 Å². The quantitative estimate of drug-likeness (QED) is 0.841. The standard InChI is InChI=1S/C16H21NO3/c1-11(18)13-6-4-7-14(10-13)20-12(2)15(19)17-16(3)8-5-9-16/h4,6-7,10,12H,5,8-9H2,1-3H3,(H,17,19)/t12-/m1/s1. The number of hydrogen-bond acceptors (Lipinski definition) is 3.